The summed E-state index contributed by atoms with van der Waals surface area (Å²) < 4.78 is 54.3. The van der Waals surface area contributed by atoms with Crippen molar-refractivity contribution in [3.05, 3.63) is 101 Å². The molecule has 3 aromatic rings. The average Bonchev–Trinajstić information content (AvgIpc) is 1.61. The molecule has 20 heteroatoms. The van der Waals surface area contributed by atoms with E-state index in [1.165, 1.54) is 31.7 Å². The number of unbranched alkanes of at least 4 members (excludes halogenated alkanes) is 3. The largest absolute Gasteiger partial charge is 0.497 e. The zero-order valence-electron chi connectivity index (χ0n) is 52.5. The van der Waals surface area contributed by atoms with Crippen LogP contribution in [0.1, 0.15) is 152 Å². The van der Waals surface area contributed by atoms with Crippen LogP contribution in [0.4, 0.5) is 9.59 Å². The Kier molecular flexibility index (Phi) is 21.0. The highest BCUT2D eigenvalue weighted by molar-refractivity contribution is 5.89. The van der Waals surface area contributed by atoms with Gasteiger partial charge >= 0.3 is 24.1 Å². The normalized spacial score (nSPS) is 33.2. The molecule has 5 fully saturated rings. The van der Waals surface area contributed by atoms with Crippen molar-refractivity contribution in [3.8, 4) is 16.9 Å². The minimum absolute atomic E-state index is 0.0418. The number of benzene rings is 3. The first-order chi connectivity index (χ1) is 42.6. The fourth-order valence-corrected chi connectivity index (χ4v) is 16.0. The number of ketones is 1. The highest BCUT2D eigenvalue weighted by Crippen LogP contribution is 2.69. The Morgan fingerprint density at radius 3 is 2.04 bits per heavy atom. The maximum absolute atomic E-state index is 14.4. The molecular weight excluding hydrogens is 1140 g/mol. The second kappa shape index (κ2) is 28.3. The van der Waals surface area contributed by atoms with Crippen molar-refractivity contribution in [3.63, 3.8) is 0 Å². The SMILES string of the molecule is COc1ccc(C(=O)OC2C(OC3C(O)COC(OC4C[C@H]5C6CC=C7CC(O)CCC7(C)C6CCC5(C)[C@@]4(O)[C@H](C)C(=O)CCC(C)C)C3OC(C)=O)OCC(OC(=O)NCCCCCCNC(=O)OCC3c4ccccc4-c4ccccc43)C2O)cc1. The quantitative estimate of drug-likeness (QED) is 0.0224. The molecule has 20 nitrogen and oxygen atoms in total. The van der Waals surface area contributed by atoms with Crippen LogP contribution in [-0.4, -0.2) is 157 Å². The van der Waals surface area contributed by atoms with Crippen LogP contribution in [0.2, 0.25) is 0 Å². The van der Waals surface area contributed by atoms with Crippen LogP contribution in [0.15, 0.2) is 84.4 Å². The van der Waals surface area contributed by atoms with Crippen molar-refractivity contribution in [2.75, 3.05) is 40.0 Å². The third-order valence-corrected chi connectivity index (χ3v) is 21.0. The number of aliphatic hydroxyl groups excluding tert-OH is 3. The van der Waals surface area contributed by atoms with Gasteiger partial charge in [0.25, 0.3) is 0 Å². The maximum atomic E-state index is 14.4. The lowest BCUT2D eigenvalue weighted by Gasteiger charge is -2.59. The molecule has 10 rings (SSSR count). The molecule has 3 saturated carbocycles. The number of allylic oxidation sites excluding steroid dienone is 1. The van der Waals surface area contributed by atoms with Crippen LogP contribution >= 0.6 is 0 Å². The fraction of sp³-hybridized carbons (Fsp3) is 0.638. The standard InChI is InChI=1S/C69H92N2O18/c1-39(2)20-27-54(74)40(3)69(80)57(35-53-50-26-23-43-34-44(73)28-30-67(43,5)52(50)29-31-68(53,69)6)87-64-61(85-41(4)72)59(55(75)37-82-64)89-63-60(88-62(77)42-21-24-45(81-7)25-22-42)58(76)56(38-83-63)86-66(79)71-33-15-9-8-14-32-70-65(78)84-36-51-48-18-12-10-16-46(48)47-17-11-13-19-49(47)51/h10-13,16-19,21-25,39-40,44,50-53,55-61,63-64,73,75-76,80H,8-9,14-15,20,26-38H2,1-7H3,(H,70,78)(H,71,79)/t40-,44?,50?,52?,53+,55?,56?,57?,58?,59?,60?,61?,63?,64?,67?,68?,69-/m1/s1. The smallest absolute Gasteiger partial charge is 0.407 e. The van der Waals surface area contributed by atoms with Gasteiger partial charge in [-0.1, -0.05) is 108 Å². The van der Waals surface area contributed by atoms with E-state index in [9.17, 15) is 44.4 Å². The number of hydrogen-bond donors (Lipinski definition) is 6. The lowest BCUT2D eigenvalue weighted by atomic mass is 9.46. The molecule has 7 aliphatic rings. The van der Waals surface area contributed by atoms with Crippen molar-refractivity contribution in [2.24, 2.45) is 40.4 Å². The fourth-order valence-electron chi connectivity index (χ4n) is 16.0. The van der Waals surface area contributed by atoms with Gasteiger partial charge in [0.15, 0.2) is 30.9 Å². The van der Waals surface area contributed by atoms with Gasteiger partial charge in [0.05, 0.1) is 38.1 Å². The Morgan fingerprint density at radius 2 is 1.38 bits per heavy atom. The number of carbonyl (C=O) groups is 5. The summed E-state index contributed by atoms with van der Waals surface area (Å²) in [5, 5.41) is 53.7. The number of methoxy groups -OCH3 is 1. The number of rotatable bonds is 23. The van der Waals surface area contributed by atoms with Crippen LogP contribution in [0.5, 0.6) is 5.75 Å². The number of Topliss-reactive ketones (excluding diaryl/α,β-unsaturated/α-hetero) is 1. The van der Waals surface area contributed by atoms with E-state index in [0.717, 1.165) is 47.9 Å². The van der Waals surface area contributed by atoms with Gasteiger partial charge in [-0.2, -0.15) is 0 Å². The minimum atomic E-state index is -1.76. The summed E-state index contributed by atoms with van der Waals surface area (Å²) in [7, 11) is 1.47. The van der Waals surface area contributed by atoms with Gasteiger partial charge in [-0.25, -0.2) is 14.4 Å². The highest BCUT2D eigenvalue weighted by atomic mass is 16.8. The lowest BCUT2D eigenvalue weighted by molar-refractivity contribution is -0.345. The molecule has 3 aromatic carbocycles. The van der Waals surface area contributed by atoms with Crippen molar-refractivity contribution in [1.29, 1.82) is 0 Å². The first-order valence-electron chi connectivity index (χ1n) is 32.2. The number of alkyl carbamates (subject to hydrolysis) is 2. The van der Waals surface area contributed by atoms with Crippen LogP contribution in [0.25, 0.3) is 11.1 Å². The van der Waals surface area contributed by atoms with Crippen LogP contribution < -0.4 is 15.4 Å². The minimum Gasteiger partial charge on any atom is -0.497 e. The van der Waals surface area contributed by atoms with E-state index in [1.807, 2.05) is 38.1 Å². The van der Waals surface area contributed by atoms with E-state index in [2.05, 4.69) is 54.8 Å². The predicted molar refractivity (Wildman–Crippen MR) is 325 cm³/mol. The summed E-state index contributed by atoms with van der Waals surface area (Å²) >= 11 is 0. The number of hydrogen-bond acceptors (Lipinski definition) is 18. The average molecular weight is 1240 g/mol. The van der Waals surface area contributed by atoms with Crippen molar-refractivity contribution < 1.29 is 87.0 Å². The Hall–Kier alpha value is -5.97. The molecule has 0 radical (unpaired) electrons. The molecule has 2 amide bonds. The number of fused-ring (bicyclic) bond motifs is 8. The Balaban J connectivity index is 0.782. The van der Waals surface area contributed by atoms with E-state index < -0.39 is 110 Å². The molecule has 89 heavy (non-hydrogen) atoms. The molecule has 17 atom stereocenters. The van der Waals surface area contributed by atoms with Gasteiger partial charge in [-0.15, -0.1) is 0 Å². The molecule has 0 bridgehead atoms. The summed E-state index contributed by atoms with van der Waals surface area (Å²) in [5.74, 6) is -1.69. The van der Waals surface area contributed by atoms with Gasteiger partial charge in [0, 0.05) is 43.7 Å². The number of aliphatic hydroxyl groups is 4. The number of carbonyl (C=O) groups excluding carboxylic acids is 5. The molecule has 2 heterocycles. The summed E-state index contributed by atoms with van der Waals surface area (Å²) in [6.07, 6.45) is -4.70. The van der Waals surface area contributed by atoms with Gasteiger partial charge in [-0.3, -0.25) is 9.59 Å². The molecule has 14 unspecified atom stereocenters. The van der Waals surface area contributed by atoms with Gasteiger partial charge in [-0.05, 0) is 140 Å². The zero-order chi connectivity index (χ0) is 63.4. The van der Waals surface area contributed by atoms with Crippen LogP contribution in [0.3, 0.4) is 0 Å². The first-order valence-corrected chi connectivity index (χ1v) is 32.2. The first kappa shape index (κ1) is 66.0. The second-order valence-corrected chi connectivity index (χ2v) is 26.7. The molecule has 2 aliphatic heterocycles. The van der Waals surface area contributed by atoms with Crippen molar-refractivity contribution in [1.82, 2.24) is 10.6 Å². The van der Waals surface area contributed by atoms with E-state index in [0.29, 0.717) is 63.7 Å². The highest BCUT2D eigenvalue weighted by Gasteiger charge is 2.71. The van der Waals surface area contributed by atoms with E-state index >= 15 is 0 Å². The Bertz CT molecular complexity index is 2960. The Labute approximate surface area is 522 Å². The van der Waals surface area contributed by atoms with Gasteiger partial charge in [0.2, 0.25) is 0 Å². The molecule has 6 N–H and O–H groups in total. The lowest BCUT2D eigenvalue weighted by Crippen LogP contribution is -2.64. The third kappa shape index (κ3) is 13.8. The van der Waals surface area contributed by atoms with E-state index in [1.54, 1.807) is 19.1 Å². The predicted octanol–water partition coefficient (Wildman–Crippen LogP) is 8.86. The molecular formula is C69H92N2O18. The number of esters is 2. The number of ether oxygens (including phenoxy) is 9. The summed E-state index contributed by atoms with van der Waals surface area (Å²) in [6, 6.07) is 22.3. The summed E-state index contributed by atoms with van der Waals surface area (Å²) in [5.41, 5.74) is 3.28. The van der Waals surface area contributed by atoms with Gasteiger partial charge < -0.3 is 73.7 Å². The second-order valence-electron chi connectivity index (χ2n) is 26.7. The van der Waals surface area contributed by atoms with Crippen LogP contribution in [0, 0.1) is 40.4 Å². The number of amides is 2. The van der Waals surface area contributed by atoms with Gasteiger partial charge in [0.1, 0.15) is 42.1 Å². The maximum Gasteiger partial charge on any atom is 0.407 e. The summed E-state index contributed by atoms with van der Waals surface area (Å²) in [4.78, 5) is 67.4. The Morgan fingerprint density at radius 1 is 0.730 bits per heavy atom. The zero-order valence-corrected chi connectivity index (χ0v) is 52.5. The van der Waals surface area contributed by atoms with Crippen molar-refractivity contribution in [2.45, 2.75) is 198 Å². The molecule has 486 valence electrons. The van der Waals surface area contributed by atoms with Crippen molar-refractivity contribution >= 4 is 29.9 Å². The van der Waals surface area contributed by atoms with E-state index in [-0.39, 0.29) is 72.0 Å². The van der Waals surface area contributed by atoms with E-state index in [4.69, 9.17) is 42.6 Å². The molecule has 2 saturated heterocycles. The topological polar surface area (TPSA) is 273 Å². The molecule has 5 aliphatic carbocycles. The monoisotopic (exact) mass is 1240 g/mol. The molecule has 0 spiro atoms. The third-order valence-electron chi connectivity index (χ3n) is 21.0. The summed E-state index contributed by atoms with van der Waals surface area (Å²) in [6.45, 7) is 11.4. The van der Waals surface area contributed by atoms with Crippen LogP contribution in [-0.2, 0) is 47.5 Å². The number of nitrogens with one attached hydrogen (secondary N) is 2. The molecule has 0 aromatic heterocycles.